The lowest BCUT2D eigenvalue weighted by Crippen LogP contribution is -2.54. The Morgan fingerprint density at radius 3 is 2.41 bits per heavy atom. The quantitative estimate of drug-likeness (QED) is 0.164. The third-order valence-corrected chi connectivity index (χ3v) is 7.34. The lowest BCUT2D eigenvalue weighted by molar-refractivity contribution is -0.594. The van der Waals surface area contributed by atoms with Crippen LogP contribution in [0, 0.1) is 11.3 Å². The highest BCUT2D eigenvalue weighted by molar-refractivity contribution is 5.89. The van der Waals surface area contributed by atoms with Crippen molar-refractivity contribution in [1.29, 1.82) is 0 Å². The van der Waals surface area contributed by atoms with Crippen molar-refractivity contribution in [3.63, 3.8) is 0 Å². The molecule has 0 bridgehead atoms. The molecule has 0 aliphatic heterocycles. The average Bonchev–Trinajstić information content (AvgIpc) is 2.94. The molecule has 188 valence electrons. The molecule has 1 fully saturated rings. The molecule has 3 aromatic carbocycles. The van der Waals surface area contributed by atoms with Crippen LogP contribution in [0.1, 0.15) is 24.0 Å². The van der Waals surface area contributed by atoms with Crippen LogP contribution in [0.2, 0.25) is 0 Å². The van der Waals surface area contributed by atoms with Gasteiger partial charge in [-0.25, -0.2) is 5.48 Å². The average molecular weight is 498 g/mol. The van der Waals surface area contributed by atoms with E-state index in [2.05, 4.69) is 41.2 Å². The zero-order chi connectivity index (χ0) is 25.8. The molecule has 1 aliphatic carbocycles. The summed E-state index contributed by atoms with van der Waals surface area (Å²) >= 11 is 0. The zero-order valence-electron chi connectivity index (χ0n) is 20.6. The first kappa shape index (κ1) is 24.5. The number of pyridine rings is 1. The molecule has 4 aromatic rings. The molecule has 7 heteroatoms. The summed E-state index contributed by atoms with van der Waals surface area (Å²) in [5.41, 5.74) is 3.73. The number of carbonyl (C=O) groups excluding carboxylic acids is 2. The number of benzene rings is 3. The summed E-state index contributed by atoms with van der Waals surface area (Å²) in [6, 6.07) is 25.9. The summed E-state index contributed by atoms with van der Waals surface area (Å²) in [5, 5.41) is 11.3. The standard InChI is InChI=1S/C30H28N2O5/c1-36-29(34)30(16-15-27(30)28(33)31-35)17-21-11-13-25(14-12-21)37-20-23-19-32(24-8-3-2-4-9-24)18-22-7-5-6-10-26(22)23/h2-14,18-19,27H,15-17,20H2,1H3,(H-,31,33,35)/p+1/t27-,30-/m1/s1. The van der Waals surface area contributed by atoms with Crippen LogP contribution in [0.3, 0.4) is 0 Å². The van der Waals surface area contributed by atoms with Crippen LogP contribution in [0.5, 0.6) is 5.75 Å². The molecule has 1 aromatic heterocycles. The molecule has 1 saturated carbocycles. The minimum Gasteiger partial charge on any atom is -0.489 e. The highest BCUT2D eigenvalue weighted by Gasteiger charge is 2.56. The predicted octanol–water partition coefficient (Wildman–Crippen LogP) is 4.31. The molecule has 0 saturated heterocycles. The maximum absolute atomic E-state index is 12.6. The number of amides is 1. The van der Waals surface area contributed by atoms with Crippen LogP contribution in [0.4, 0.5) is 0 Å². The Kier molecular flexibility index (Phi) is 6.88. The molecule has 1 amide bonds. The second-order valence-electron chi connectivity index (χ2n) is 9.44. The molecule has 1 heterocycles. The topological polar surface area (TPSA) is 88.7 Å². The Balaban J connectivity index is 1.34. The van der Waals surface area contributed by atoms with Crippen LogP contribution in [-0.2, 0) is 27.4 Å². The van der Waals surface area contributed by atoms with Crippen LogP contribution >= 0.6 is 0 Å². The van der Waals surface area contributed by atoms with E-state index < -0.39 is 23.2 Å². The second kappa shape index (κ2) is 10.4. The number of rotatable bonds is 8. The Hall–Kier alpha value is -4.23. The Morgan fingerprint density at radius 2 is 1.73 bits per heavy atom. The fourth-order valence-corrected chi connectivity index (χ4v) is 5.25. The summed E-state index contributed by atoms with van der Waals surface area (Å²) < 4.78 is 13.3. The number of methoxy groups -OCH3 is 1. The second-order valence-corrected chi connectivity index (χ2v) is 9.44. The van der Waals surface area contributed by atoms with Crippen molar-refractivity contribution in [1.82, 2.24) is 5.48 Å². The van der Waals surface area contributed by atoms with Crippen molar-refractivity contribution in [2.24, 2.45) is 11.3 Å². The van der Waals surface area contributed by atoms with Gasteiger partial charge in [0.25, 0.3) is 0 Å². The van der Waals surface area contributed by atoms with Crippen LogP contribution in [0.15, 0.2) is 91.3 Å². The molecule has 1 aliphatic rings. The number of ether oxygens (including phenoxy) is 2. The van der Waals surface area contributed by atoms with E-state index in [1.54, 1.807) is 5.48 Å². The minimum atomic E-state index is -0.974. The van der Waals surface area contributed by atoms with E-state index in [0.717, 1.165) is 27.6 Å². The van der Waals surface area contributed by atoms with Gasteiger partial charge < -0.3 is 9.47 Å². The van der Waals surface area contributed by atoms with Gasteiger partial charge in [0.2, 0.25) is 11.6 Å². The van der Waals surface area contributed by atoms with Gasteiger partial charge in [-0.3, -0.25) is 14.8 Å². The molecule has 2 atom stereocenters. The highest BCUT2D eigenvalue weighted by Crippen LogP contribution is 2.50. The van der Waals surface area contributed by atoms with Crippen LogP contribution in [-0.4, -0.2) is 24.2 Å². The van der Waals surface area contributed by atoms with Gasteiger partial charge in [0, 0.05) is 22.9 Å². The monoisotopic (exact) mass is 497 g/mol. The van der Waals surface area contributed by atoms with Crippen LogP contribution < -0.4 is 14.8 Å². The summed E-state index contributed by atoms with van der Waals surface area (Å²) in [6.07, 6.45) is 5.60. The van der Waals surface area contributed by atoms with Gasteiger partial charge in [-0.2, -0.15) is 4.57 Å². The smallest absolute Gasteiger partial charge is 0.312 e. The first-order valence-corrected chi connectivity index (χ1v) is 12.3. The van der Waals surface area contributed by atoms with Gasteiger partial charge in [-0.05, 0) is 43.0 Å². The fraction of sp³-hybridized carbons (Fsp3) is 0.233. The fourth-order valence-electron chi connectivity index (χ4n) is 5.25. The van der Waals surface area contributed by atoms with E-state index in [9.17, 15) is 9.59 Å². The van der Waals surface area contributed by atoms with Gasteiger partial charge in [-0.1, -0.05) is 48.5 Å². The van der Waals surface area contributed by atoms with Gasteiger partial charge in [0.15, 0.2) is 12.4 Å². The lowest BCUT2D eigenvalue weighted by atomic mass is 9.57. The van der Waals surface area contributed by atoms with Crippen molar-refractivity contribution in [3.8, 4) is 11.4 Å². The predicted molar refractivity (Wildman–Crippen MR) is 137 cm³/mol. The first-order valence-electron chi connectivity index (χ1n) is 12.3. The number of aromatic nitrogens is 1. The zero-order valence-corrected chi connectivity index (χ0v) is 20.6. The maximum Gasteiger partial charge on any atom is 0.312 e. The minimum absolute atomic E-state index is 0.346. The Bertz CT molecular complexity index is 1420. The Labute approximate surface area is 215 Å². The number of esters is 1. The van der Waals surface area contributed by atoms with E-state index in [1.165, 1.54) is 7.11 Å². The van der Waals surface area contributed by atoms with Crippen molar-refractivity contribution in [2.75, 3.05) is 7.11 Å². The van der Waals surface area contributed by atoms with Gasteiger partial charge in [0.1, 0.15) is 12.4 Å². The number of hydrogen-bond acceptors (Lipinski definition) is 5. The molecule has 5 rings (SSSR count). The van der Waals surface area contributed by atoms with Crippen molar-refractivity contribution in [3.05, 3.63) is 102 Å². The number of nitrogens with zero attached hydrogens (tertiary/aromatic N) is 1. The third kappa shape index (κ3) is 4.78. The van der Waals surface area contributed by atoms with Gasteiger partial charge in [0.05, 0.1) is 24.0 Å². The number of fused-ring (bicyclic) bond motifs is 1. The van der Waals surface area contributed by atoms with E-state index >= 15 is 0 Å². The normalized spacial score (nSPS) is 18.6. The number of hydrogen-bond donors (Lipinski definition) is 2. The summed E-state index contributed by atoms with van der Waals surface area (Å²) in [7, 11) is 1.32. The maximum atomic E-state index is 12.6. The van der Waals surface area contributed by atoms with Crippen molar-refractivity contribution >= 4 is 22.6 Å². The van der Waals surface area contributed by atoms with Crippen LogP contribution in [0.25, 0.3) is 16.5 Å². The molecular formula is C30H29N2O5+. The molecule has 0 unspecified atom stereocenters. The van der Waals surface area contributed by atoms with Gasteiger partial charge in [-0.15, -0.1) is 0 Å². The van der Waals surface area contributed by atoms with Gasteiger partial charge >= 0.3 is 5.97 Å². The van der Waals surface area contributed by atoms with Crippen molar-refractivity contribution < 1.29 is 28.8 Å². The highest BCUT2D eigenvalue weighted by atomic mass is 16.5. The number of hydroxylamine groups is 1. The molecule has 0 radical (unpaired) electrons. The van der Waals surface area contributed by atoms with E-state index in [-0.39, 0.29) is 0 Å². The molecule has 37 heavy (non-hydrogen) atoms. The largest absolute Gasteiger partial charge is 0.489 e. The number of nitrogens with one attached hydrogen (secondary N) is 1. The number of para-hydroxylation sites is 1. The first-order chi connectivity index (χ1) is 18.0. The third-order valence-electron chi connectivity index (χ3n) is 7.34. The van der Waals surface area contributed by atoms with Crippen molar-refractivity contribution in [2.45, 2.75) is 25.9 Å². The summed E-state index contributed by atoms with van der Waals surface area (Å²) in [6.45, 7) is 0.387. The Morgan fingerprint density at radius 1 is 1.00 bits per heavy atom. The molecular weight excluding hydrogens is 468 g/mol. The molecule has 2 N–H and O–H groups in total. The molecule has 0 spiro atoms. The molecule has 7 nitrogen and oxygen atoms in total. The summed E-state index contributed by atoms with van der Waals surface area (Å²) in [5.74, 6) is -0.911. The SMILES string of the molecule is COC(=O)[C@@]1(Cc2ccc(OCc3c[n+](-c4ccccc4)cc4ccccc34)cc2)CC[C@@H]1C(=O)NO. The van der Waals surface area contributed by atoms with E-state index in [0.29, 0.717) is 31.6 Å². The lowest BCUT2D eigenvalue weighted by Gasteiger charge is -2.45. The van der Waals surface area contributed by atoms with E-state index in [1.807, 2.05) is 54.6 Å². The number of carbonyl (C=O) groups is 2. The van der Waals surface area contributed by atoms with E-state index in [4.69, 9.17) is 14.7 Å². The summed E-state index contributed by atoms with van der Waals surface area (Å²) in [4.78, 5) is 24.7.